The molecule has 1 amide bonds. The predicted molar refractivity (Wildman–Crippen MR) is 110 cm³/mol. The summed E-state index contributed by atoms with van der Waals surface area (Å²) in [6.07, 6.45) is 4.42. The second-order valence-electron chi connectivity index (χ2n) is 7.86. The molecule has 5 rings (SSSR count). The molecule has 29 heavy (non-hydrogen) atoms. The molecule has 0 saturated carbocycles. The number of amides is 1. The molecule has 2 aliphatic heterocycles. The standard InChI is InChI=1S/C22H24N4O3/c1-14(27)25-8-5-20-19(13-25)22(24-26(20)16-6-9-29-10-7-16)17-4-2-3-15-12-23-21(28)11-18(15)17/h2-4,11-12,16H,5-10,13H2,1H3,(H,23,28). The van der Waals surface area contributed by atoms with E-state index in [2.05, 4.69) is 9.67 Å². The molecule has 0 atom stereocenters. The molecule has 1 N–H and O–H groups in total. The van der Waals surface area contributed by atoms with E-state index in [9.17, 15) is 9.59 Å². The van der Waals surface area contributed by atoms with Gasteiger partial charge in [-0.1, -0.05) is 18.2 Å². The minimum atomic E-state index is -0.131. The van der Waals surface area contributed by atoms with Gasteiger partial charge in [-0.3, -0.25) is 14.3 Å². The number of rotatable bonds is 2. The van der Waals surface area contributed by atoms with Gasteiger partial charge in [-0.15, -0.1) is 0 Å². The lowest BCUT2D eigenvalue weighted by atomic mass is 9.97. The molecule has 0 radical (unpaired) electrons. The van der Waals surface area contributed by atoms with E-state index in [4.69, 9.17) is 9.84 Å². The Labute approximate surface area is 168 Å². The van der Waals surface area contributed by atoms with Crippen molar-refractivity contribution >= 4 is 16.7 Å². The lowest BCUT2D eigenvalue weighted by Gasteiger charge is -2.29. The monoisotopic (exact) mass is 392 g/mol. The van der Waals surface area contributed by atoms with Crippen molar-refractivity contribution in [3.8, 4) is 11.3 Å². The van der Waals surface area contributed by atoms with Gasteiger partial charge < -0.3 is 14.6 Å². The van der Waals surface area contributed by atoms with Gasteiger partial charge >= 0.3 is 0 Å². The summed E-state index contributed by atoms with van der Waals surface area (Å²) >= 11 is 0. The fourth-order valence-corrected chi connectivity index (χ4v) is 4.56. The Morgan fingerprint density at radius 3 is 2.90 bits per heavy atom. The largest absolute Gasteiger partial charge is 0.381 e. The smallest absolute Gasteiger partial charge is 0.248 e. The van der Waals surface area contributed by atoms with Crippen LogP contribution in [0.15, 0.2) is 35.3 Å². The number of carbonyl (C=O) groups is 1. The SMILES string of the molecule is CC(=O)N1CCc2c(c(-c3cccc4c[nH]c(=O)cc34)nn2C2CCOCC2)C1. The Bertz CT molecular complexity index is 1140. The molecule has 0 bridgehead atoms. The first kappa shape index (κ1) is 18.1. The molecule has 3 aromatic rings. The third kappa shape index (κ3) is 3.15. The molecule has 1 aromatic carbocycles. The maximum Gasteiger partial charge on any atom is 0.248 e. The van der Waals surface area contributed by atoms with Gasteiger partial charge in [0.25, 0.3) is 0 Å². The molecule has 2 aromatic heterocycles. The summed E-state index contributed by atoms with van der Waals surface area (Å²) in [7, 11) is 0. The van der Waals surface area contributed by atoms with Crippen LogP contribution in [-0.4, -0.2) is 45.3 Å². The van der Waals surface area contributed by atoms with Crippen LogP contribution >= 0.6 is 0 Å². The summed E-state index contributed by atoms with van der Waals surface area (Å²) in [6, 6.07) is 7.94. The topological polar surface area (TPSA) is 80.2 Å². The quantitative estimate of drug-likeness (QED) is 0.727. The van der Waals surface area contributed by atoms with Gasteiger partial charge in [0.2, 0.25) is 11.5 Å². The Balaban J connectivity index is 1.71. The number of ether oxygens (including phenoxy) is 1. The van der Waals surface area contributed by atoms with Crippen LogP contribution in [0.4, 0.5) is 0 Å². The lowest BCUT2D eigenvalue weighted by molar-refractivity contribution is -0.129. The van der Waals surface area contributed by atoms with Crippen LogP contribution in [-0.2, 0) is 22.5 Å². The van der Waals surface area contributed by atoms with Crippen molar-refractivity contribution in [2.45, 2.75) is 38.8 Å². The Kier molecular flexibility index (Phi) is 4.47. The summed E-state index contributed by atoms with van der Waals surface area (Å²) in [5.74, 6) is 0.0785. The Morgan fingerprint density at radius 1 is 1.28 bits per heavy atom. The van der Waals surface area contributed by atoms with E-state index in [0.717, 1.165) is 60.1 Å². The van der Waals surface area contributed by atoms with Crippen LogP contribution in [0.2, 0.25) is 0 Å². The lowest BCUT2D eigenvalue weighted by Crippen LogP contribution is -2.35. The van der Waals surface area contributed by atoms with Gasteiger partial charge in [0, 0.05) is 68.7 Å². The van der Waals surface area contributed by atoms with E-state index in [0.29, 0.717) is 19.1 Å². The minimum Gasteiger partial charge on any atom is -0.381 e. The molecule has 0 spiro atoms. The highest BCUT2D eigenvalue weighted by atomic mass is 16.5. The predicted octanol–water partition coefficient (Wildman–Crippen LogP) is 2.65. The zero-order valence-electron chi connectivity index (χ0n) is 16.5. The average molecular weight is 392 g/mol. The molecule has 7 heteroatoms. The van der Waals surface area contributed by atoms with Crippen molar-refractivity contribution < 1.29 is 9.53 Å². The Morgan fingerprint density at radius 2 is 2.10 bits per heavy atom. The van der Waals surface area contributed by atoms with E-state index in [1.165, 1.54) is 5.69 Å². The summed E-state index contributed by atoms with van der Waals surface area (Å²) in [5, 5.41) is 6.92. The molecule has 1 fully saturated rings. The number of carbonyl (C=O) groups excluding carboxylic acids is 1. The highest BCUT2D eigenvalue weighted by Gasteiger charge is 2.30. The second-order valence-corrected chi connectivity index (χ2v) is 7.86. The third-order valence-electron chi connectivity index (χ3n) is 6.11. The Hall–Kier alpha value is -2.93. The number of H-pyrrole nitrogens is 1. The number of aromatic nitrogens is 3. The van der Waals surface area contributed by atoms with Gasteiger partial charge in [-0.05, 0) is 23.6 Å². The molecule has 7 nitrogen and oxygen atoms in total. The molecule has 2 aliphatic rings. The number of aromatic amines is 1. The second kappa shape index (κ2) is 7.15. The van der Waals surface area contributed by atoms with E-state index in [-0.39, 0.29) is 11.5 Å². The minimum absolute atomic E-state index is 0.0785. The van der Waals surface area contributed by atoms with Crippen LogP contribution in [0.1, 0.15) is 37.1 Å². The molecular formula is C22H24N4O3. The fourth-order valence-electron chi connectivity index (χ4n) is 4.56. The van der Waals surface area contributed by atoms with Crippen molar-refractivity contribution in [2.24, 2.45) is 0 Å². The van der Waals surface area contributed by atoms with Crippen molar-refractivity contribution in [1.82, 2.24) is 19.7 Å². The van der Waals surface area contributed by atoms with Crippen LogP contribution < -0.4 is 5.56 Å². The van der Waals surface area contributed by atoms with E-state index in [1.54, 1.807) is 19.2 Å². The number of hydrogen-bond donors (Lipinski definition) is 1. The number of pyridine rings is 1. The molecule has 0 unspecified atom stereocenters. The van der Waals surface area contributed by atoms with Crippen LogP contribution in [0.25, 0.3) is 22.0 Å². The third-order valence-corrected chi connectivity index (χ3v) is 6.11. The maximum atomic E-state index is 12.1. The van der Waals surface area contributed by atoms with E-state index < -0.39 is 0 Å². The maximum absolute atomic E-state index is 12.1. The van der Waals surface area contributed by atoms with Crippen molar-refractivity contribution in [3.05, 3.63) is 52.1 Å². The molecular weight excluding hydrogens is 368 g/mol. The number of benzene rings is 1. The van der Waals surface area contributed by atoms with Gasteiger partial charge in [-0.25, -0.2) is 0 Å². The van der Waals surface area contributed by atoms with Gasteiger partial charge in [-0.2, -0.15) is 5.10 Å². The summed E-state index contributed by atoms with van der Waals surface area (Å²) in [6.45, 7) is 4.38. The normalized spacial score (nSPS) is 17.5. The highest BCUT2D eigenvalue weighted by Crippen LogP contribution is 2.36. The van der Waals surface area contributed by atoms with Gasteiger partial charge in [0.05, 0.1) is 11.7 Å². The fraction of sp³-hybridized carbons (Fsp3) is 0.409. The van der Waals surface area contributed by atoms with Crippen molar-refractivity contribution in [1.29, 1.82) is 0 Å². The van der Waals surface area contributed by atoms with Crippen LogP contribution in [0, 0.1) is 0 Å². The first-order valence-corrected chi connectivity index (χ1v) is 10.2. The van der Waals surface area contributed by atoms with Crippen molar-refractivity contribution in [2.75, 3.05) is 19.8 Å². The number of hydrogen-bond acceptors (Lipinski definition) is 4. The first-order valence-electron chi connectivity index (χ1n) is 10.2. The van der Waals surface area contributed by atoms with Crippen LogP contribution in [0.5, 0.6) is 0 Å². The van der Waals surface area contributed by atoms with Gasteiger partial charge in [0.1, 0.15) is 0 Å². The number of nitrogens with zero attached hydrogens (tertiary/aromatic N) is 3. The molecule has 1 saturated heterocycles. The number of fused-ring (bicyclic) bond motifs is 2. The highest BCUT2D eigenvalue weighted by molar-refractivity contribution is 5.96. The van der Waals surface area contributed by atoms with E-state index in [1.807, 2.05) is 23.1 Å². The van der Waals surface area contributed by atoms with Crippen LogP contribution in [0.3, 0.4) is 0 Å². The molecule has 0 aliphatic carbocycles. The summed E-state index contributed by atoms with van der Waals surface area (Å²) in [4.78, 5) is 28.7. The zero-order chi connectivity index (χ0) is 20.0. The zero-order valence-corrected chi connectivity index (χ0v) is 16.5. The first-order chi connectivity index (χ1) is 14.1. The van der Waals surface area contributed by atoms with Crippen molar-refractivity contribution in [3.63, 3.8) is 0 Å². The summed E-state index contributed by atoms with van der Waals surface area (Å²) < 4.78 is 7.72. The number of nitrogens with one attached hydrogen (secondary N) is 1. The summed E-state index contributed by atoms with van der Waals surface area (Å²) in [5.41, 5.74) is 4.01. The molecule has 150 valence electrons. The van der Waals surface area contributed by atoms with Gasteiger partial charge in [0.15, 0.2) is 0 Å². The molecule has 4 heterocycles. The van der Waals surface area contributed by atoms with E-state index >= 15 is 0 Å². The average Bonchev–Trinajstić information content (AvgIpc) is 3.12.